The largest absolute Gasteiger partial charge is 0.489 e. The molecule has 0 aliphatic carbocycles. The van der Waals surface area contributed by atoms with Crippen LogP contribution in [0.5, 0.6) is 5.75 Å². The molecular weight excluding hydrogens is 304 g/mol. The predicted molar refractivity (Wildman–Crippen MR) is 92.9 cm³/mol. The summed E-state index contributed by atoms with van der Waals surface area (Å²) < 4.78 is 10.6. The number of hydrogen-bond donors (Lipinski definition) is 0. The second-order valence-corrected chi connectivity index (χ2v) is 5.16. The summed E-state index contributed by atoms with van der Waals surface area (Å²) in [5.41, 5.74) is 2.21. The SMILES string of the molecule is CCOC(=O)C=Cc1ccc(OCc2ccccc2)cc1C(C)=O. The Labute approximate surface area is 141 Å². The summed E-state index contributed by atoms with van der Waals surface area (Å²) in [6.45, 7) is 3.97. The third-order valence-corrected chi connectivity index (χ3v) is 3.34. The second kappa shape index (κ2) is 8.67. The first kappa shape index (κ1) is 17.5. The zero-order valence-corrected chi connectivity index (χ0v) is 13.8. The first-order valence-corrected chi connectivity index (χ1v) is 7.76. The Morgan fingerprint density at radius 3 is 2.50 bits per heavy atom. The Kier molecular flexibility index (Phi) is 6.32. The number of carbonyl (C=O) groups is 2. The Balaban J connectivity index is 2.14. The molecule has 2 aromatic rings. The number of ketones is 1. The van der Waals surface area contributed by atoms with Crippen LogP contribution >= 0.6 is 0 Å². The van der Waals surface area contributed by atoms with Gasteiger partial charge in [-0.1, -0.05) is 36.4 Å². The lowest BCUT2D eigenvalue weighted by molar-refractivity contribution is -0.137. The fraction of sp³-hybridized carbons (Fsp3) is 0.200. The molecule has 0 unspecified atom stereocenters. The van der Waals surface area contributed by atoms with Crippen molar-refractivity contribution in [1.29, 1.82) is 0 Å². The van der Waals surface area contributed by atoms with E-state index in [1.54, 1.807) is 31.2 Å². The van der Waals surface area contributed by atoms with E-state index in [4.69, 9.17) is 9.47 Å². The minimum absolute atomic E-state index is 0.0938. The van der Waals surface area contributed by atoms with Crippen molar-refractivity contribution in [2.24, 2.45) is 0 Å². The van der Waals surface area contributed by atoms with E-state index in [2.05, 4.69) is 0 Å². The van der Waals surface area contributed by atoms with Gasteiger partial charge in [0.1, 0.15) is 12.4 Å². The van der Waals surface area contributed by atoms with Crippen LogP contribution in [0.1, 0.15) is 35.3 Å². The third kappa shape index (κ3) is 5.09. The Bertz CT molecular complexity index is 733. The molecule has 0 fully saturated rings. The standard InChI is InChI=1S/C20H20O4/c1-3-23-20(22)12-10-17-9-11-18(13-19(17)15(2)21)24-14-16-7-5-4-6-8-16/h4-13H,3,14H2,1-2H3. The number of carbonyl (C=O) groups excluding carboxylic acids is 2. The summed E-state index contributed by atoms with van der Waals surface area (Å²) in [6, 6.07) is 15.0. The van der Waals surface area contributed by atoms with Crippen LogP contribution in [-0.4, -0.2) is 18.4 Å². The Hall–Kier alpha value is -2.88. The lowest BCUT2D eigenvalue weighted by atomic mass is 10.0. The van der Waals surface area contributed by atoms with Crippen molar-refractivity contribution in [2.45, 2.75) is 20.5 Å². The molecule has 0 amide bonds. The fourth-order valence-electron chi connectivity index (χ4n) is 2.16. The van der Waals surface area contributed by atoms with E-state index in [9.17, 15) is 9.59 Å². The molecule has 0 saturated carbocycles. The smallest absolute Gasteiger partial charge is 0.330 e. The highest BCUT2D eigenvalue weighted by Gasteiger charge is 2.08. The van der Waals surface area contributed by atoms with Crippen LogP contribution in [0.2, 0.25) is 0 Å². The zero-order valence-electron chi connectivity index (χ0n) is 13.8. The fourth-order valence-corrected chi connectivity index (χ4v) is 2.16. The van der Waals surface area contributed by atoms with Gasteiger partial charge in [0, 0.05) is 11.6 Å². The van der Waals surface area contributed by atoms with Crippen LogP contribution in [0.25, 0.3) is 6.08 Å². The van der Waals surface area contributed by atoms with Gasteiger partial charge in [-0.2, -0.15) is 0 Å². The molecular formula is C20H20O4. The van der Waals surface area contributed by atoms with E-state index in [1.807, 2.05) is 30.3 Å². The molecule has 4 heteroatoms. The average molecular weight is 324 g/mol. The van der Waals surface area contributed by atoms with Crippen LogP contribution < -0.4 is 4.74 Å². The number of esters is 1. The normalized spacial score (nSPS) is 10.6. The molecule has 0 aliphatic heterocycles. The van der Waals surface area contributed by atoms with Crippen LogP contribution in [0, 0.1) is 0 Å². The molecule has 0 aromatic heterocycles. The van der Waals surface area contributed by atoms with E-state index in [0.717, 1.165) is 5.56 Å². The van der Waals surface area contributed by atoms with Gasteiger partial charge in [0.2, 0.25) is 0 Å². The average Bonchev–Trinajstić information content (AvgIpc) is 2.59. The van der Waals surface area contributed by atoms with Gasteiger partial charge < -0.3 is 9.47 Å². The molecule has 0 heterocycles. The molecule has 2 aromatic carbocycles. The van der Waals surface area contributed by atoms with Gasteiger partial charge in [-0.3, -0.25) is 4.79 Å². The van der Waals surface area contributed by atoms with Gasteiger partial charge in [0.25, 0.3) is 0 Å². The number of benzene rings is 2. The number of hydrogen-bond acceptors (Lipinski definition) is 4. The lowest BCUT2D eigenvalue weighted by Gasteiger charge is -2.09. The van der Waals surface area contributed by atoms with E-state index in [0.29, 0.717) is 30.1 Å². The third-order valence-electron chi connectivity index (χ3n) is 3.34. The van der Waals surface area contributed by atoms with Gasteiger partial charge >= 0.3 is 5.97 Å². The molecule has 0 spiro atoms. The first-order chi connectivity index (χ1) is 11.6. The highest BCUT2D eigenvalue weighted by Crippen LogP contribution is 2.21. The maximum atomic E-state index is 11.9. The molecule has 4 nitrogen and oxygen atoms in total. The molecule has 0 aliphatic rings. The first-order valence-electron chi connectivity index (χ1n) is 7.76. The summed E-state index contributed by atoms with van der Waals surface area (Å²) in [5.74, 6) is 0.0809. The van der Waals surface area contributed by atoms with Gasteiger partial charge in [-0.25, -0.2) is 4.79 Å². The van der Waals surface area contributed by atoms with Crippen LogP contribution in [-0.2, 0) is 16.1 Å². The maximum absolute atomic E-state index is 11.9. The van der Waals surface area contributed by atoms with Crippen molar-refractivity contribution < 1.29 is 19.1 Å². The van der Waals surface area contributed by atoms with Crippen molar-refractivity contribution in [2.75, 3.05) is 6.61 Å². The molecule has 0 saturated heterocycles. The lowest BCUT2D eigenvalue weighted by Crippen LogP contribution is -2.01. The second-order valence-electron chi connectivity index (χ2n) is 5.16. The Morgan fingerprint density at radius 1 is 1.08 bits per heavy atom. The van der Waals surface area contributed by atoms with Crippen LogP contribution in [0.4, 0.5) is 0 Å². The van der Waals surface area contributed by atoms with Crippen molar-refractivity contribution in [3.8, 4) is 5.75 Å². The van der Waals surface area contributed by atoms with Gasteiger partial charge in [-0.05, 0) is 43.2 Å². The molecule has 0 radical (unpaired) electrons. The van der Waals surface area contributed by atoms with Gasteiger partial charge in [0.05, 0.1) is 6.61 Å². The van der Waals surface area contributed by atoms with Crippen LogP contribution in [0.3, 0.4) is 0 Å². The topological polar surface area (TPSA) is 52.6 Å². The zero-order chi connectivity index (χ0) is 17.4. The van der Waals surface area contributed by atoms with Crippen molar-refractivity contribution in [3.63, 3.8) is 0 Å². The molecule has 0 N–H and O–H groups in total. The molecule has 0 atom stereocenters. The van der Waals surface area contributed by atoms with Gasteiger partial charge in [-0.15, -0.1) is 0 Å². The number of rotatable bonds is 7. The van der Waals surface area contributed by atoms with Crippen molar-refractivity contribution in [1.82, 2.24) is 0 Å². The van der Waals surface area contributed by atoms with E-state index in [-0.39, 0.29) is 5.78 Å². The predicted octanol–water partition coefficient (Wildman–Crippen LogP) is 4.04. The van der Waals surface area contributed by atoms with E-state index < -0.39 is 5.97 Å². The van der Waals surface area contributed by atoms with Crippen LogP contribution in [0.15, 0.2) is 54.6 Å². The summed E-state index contributed by atoms with van der Waals surface area (Å²) in [5, 5.41) is 0. The van der Waals surface area contributed by atoms with Gasteiger partial charge in [0.15, 0.2) is 5.78 Å². The summed E-state index contributed by atoms with van der Waals surface area (Å²) in [6.07, 6.45) is 2.89. The summed E-state index contributed by atoms with van der Waals surface area (Å²) in [7, 11) is 0. The summed E-state index contributed by atoms with van der Waals surface area (Å²) in [4.78, 5) is 23.3. The van der Waals surface area contributed by atoms with Crippen molar-refractivity contribution in [3.05, 3.63) is 71.3 Å². The highest BCUT2D eigenvalue weighted by atomic mass is 16.5. The monoisotopic (exact) mass is 324 g/mol. The molecule has 2 rings (SSSR count). The van der Waals surface area contributed by atoms with E-state index >= 15 is 0 Å². The Morgan fingerprint density at radius 2 is 1.83 bits per heavy atom. The summed E-state index contributed by atoms with van der Waals surface area (Å²) >= 11 is 0. The minimum Gasteiger partial charge on any atom is -0.489 e. The van der Waals surface area contributed by atoms with Crippen molar-refractivity contribution >= 4 is 17.8 Å². The number of ether oxygens (including phenoxy) is 2. The molecule has 0 bridgehead atoms. The molecule has 124 valence electrons. The highest BCUT2D eigenvalue weighted by molar-refractivity contribution is 5.99. The molecule has 24 heavy (non-hydrogen) atoms. The quantitative estimate of drug-likeness (QED) is 0.438. The minimum atomic E-state index is -0.434. The maximum Gasteiger partial charge on any atom is 0.330 e. The van der Waals surface area contributed by atoms with E-state index in [1.165, 1.54) is 13.0 Å². The number of Topliss-reactive ketones (excluding diaryl/α,β-unsaturated/α-hetero) is 1.